The number of fused-ring (bicyclic) bond motifs is 3. The number of benzene rings is 2. The second kappa shape index (κ2) is 9.02. The van der Waals surface area contributed by atoms with Crippen LogP contribution in [0.1, 0.15) is 43.7 Å². The van der Waals surface area contributed by atoms with Crippen molar-refractivity contribution in [1.82, 2.24) is 4.90 Å². The average Bonchev–Trinajstić information content (AvgIpc) is 3.62. The van der Waals surface area contributed by atoms with Crippen molar-refractivity contribution in [3.05, 3.63) is 59.7 Å². The van der Waals surface area contributed by atoms with E-state index in [4.69, 9.17) is 9.47 Å². The Morgan fingerprint density at radius 2 is 1.80 bits per heavy atom. The first kappa shape index (κ1) is 23.4. The van der Waals surface area contributed by atoms with Crippen LogP contribution in [0.15, 0.2) is 48.5 Å². The molecule has 1 saturated carbocycles. The minimum absolute atomic E-state index is 0.108. The maximum absolute atomic E-state index is 14.2. The molecule has 0 bridgehead atoms. The number of amides is 2. The standard InChI is InChI=1S/C28H32N2O5/c1-4-35-26(32)22-17-30(24(31)15-18-11-13-20(34-3)14-12-18)28(2)25(22)21-7-5-6-8-23(21)29(27(28)33)16-19-9-10-19/h5-8,11-14,19,22,25H,4,9-10,15-17H2,1-3H3/t22-,25+,28-/m0/s1. The number of carbonyl (C=O) groups is 3. The molecule has 7 heteroatoms. The first-order chi connectivity index (χ1) is 16.9. The number of hydrogen-bond acceptors (Lipinski definition) is 5. The number of esters is 1. The molecule has 2 fully saturated rings. The Hall–Kier alpha value is -3.35. The molecule has 3 atom stereocenters. The molecule has 0 N–H and O–H groups in total. The number of carbonyl (C=O) groups excluding carboxylic acids is 3. The Labute approximate surface area is 206 Å². The van der Waals surface area contributed by atoms with Crippen LogP contribution in [-0.4, -0.2) is 55.0 Å². The minimum Gasteiger partial charge on any atom is -0.497 e. The molecule has 3 aliphatic rings. The molecule has 2 heterocycles. The molecule has 0 spiro atoms. The van der Waals surface area contributed by atoms with Crippen molar-refractivity contribution in [2.75, 3.05) is 31.7 Å². The van der Waals surface area contributed by atoms with Crippen LogP contribution in [0, 0.1) is 11.8 Å². The number of para-hydroxylation sites is 1. The van der Waals surface area contributed by atoms with Gasteiger partial charge in [0.25, 0.3) is 5.91 Å². The van der Waals surface area contributed by atoms with Crippen LogP contribution in [-0.2, 0) is 25.5 Å². The van der Waals surface area contributed by atoms with Crippen LogP contribution in [0.2, 0.25) is 0 Å². The van der Waals surface area contributed by atoms with Gasteiger partial charge < -0.3 is 19.3 Å². The summed E-state index contributed by atoms with van der Waals surface area (Å²) in [6.45, 7) is 4.66. The molecular weight excluding hydrogens is 444 g/mol. The van der Waals surface area contributed by atoms with E-state index < -0.39 is 17.4 Å². The second-order valence-electron chi connectivity index (χ2n) is 9.93. The second-order valence-corrected chi connectivity index (χ2v) is 9.93. The van der Waals surface area contributed by atoms with E-state index in [0.29, 0.717) is 18.2 Å². The van der Waals surface area contributed by atoms with E-state index in [9.17, 15) is 14.4 Å². The molecule has 35 heavy (non-hydrogen) atoms. The van der Waals surface area contributed by atoms with Crippen LogP contribution >= 0.6 is 0 Å². The lowest BCUT2D eigenvalue weighted by Gasteiger charge is -2.46. The highest BCUT2D eigenvalue weighted by atomic mass is 16.5. The zero-order valence-corrected chi connectivity index (χ0v) is 20.5. The summed E-state index contributed by atoms with van der Waals surface area (Å²) in [4.78, 5) is 44.5. The predicted octanol–water partition coefficient (Wildman–Crippen LogP) is 3.56. The van der Waals surface area contributed by atoms with Gasteiger partial charge in [-0.2, -0.15) is 0 Å². The van der Waals surface area contributed by atoms with Gasteiger partial charge in [-0.05, 0) is 61.9 Å². The molecule has 184 valence electrons. The normalized spacial score (nSPS) is 25.2. The fourth-order valence-electron chi connectivity index (χ4n) is 5.77. The monoisotopic (exact) mass is 476 g/mol. The Morgan fingerprint density at radius 1 is 1.09 bits per heavy atom. The Morgan fingerprint density at radius 3 is 2.46 bits per heavy atom. The number of rotatable bonds is 7. The quantitative estimate of drug-likeness (QED) is 0.571. The highest BCUT2D eigenvalue weighted by Crippen LogP contribution is 2.54. The van der Waals surface area contributed by atoms with Crippen molar-refractivity contribution in [3.63, 3.8) is 0 Å². The minimum atomic E-state index is -1.16. The van der Waals surface area contributed by atoms with E-state index >= 15 is 0 Å². The number of ether oxygens (including phenoxy) is 2. The Kier molecular flexibility index (Phi) is 6.03. The summed E-state index contributed by atoms with van der Waals surface area (Å²) < 4.78 is 10.7. The van der Waals surface area contributed by atoms with Gasteiger partial charge in [-0.25, -0.2) is 0 Å². The van der Waals surface area contributed by atoms with Gasteiger partial charge in [-0.3, -0.25) is 14.4 Å². The highest BCUT2D eigenvalue weighted by molar-refractivity contribution is 6.07. The van der Waals surface area contributed by atoms with Crippen molar-refractivity contribution in [3.8, 4) is 5.75 Å². The third kappa shape index (κ3) is 3.97. The molecule has 2 amide bonds. The Balaban J connectivity index is 1.55. The molecule has 0 aromatic heterocycles. The lowest BCUT2D eigenvalue weighted by Crippen LogP contribution is -2.62. The van der Waals surface area contributed by atoms with E-state index in [1.807, 2.05) is 60.4 Å². The van der Waals surface area contributed by atoms with Crippen LogP contribution in [0.4, 0.5) is 5.69 Å². The highest BCUT2D eigenvalue weighted by Gasteiger charge is 2.63. The average molecular weight is 477 g/mol. The fourth-order valence-corrected chi connectivity index (χ4v) is 5.77. The number of hydrogen-bond donors (Lipinski definition) is 0. The third-order valence-corrected chi connectivity index (χ3v) is 7.73. The first-order valence-electron chi connectivity index (χ1n) is 12.4. The number of methoxy groups -OCH3 is 1. The van der Waals surface area contributed by atoms with Crippen molar-refractivity contribution in [1.29, 1.82) is 0 Å². The molecule has 1 aliphatic carbocycles. The molecule has 2 aromatic rings. The zero-order valence-electron chi connectivity index (χ0n) is 20.5. The summed E-state index contributed by atoms with van der Waals surface area (Å²) in [7, 11) is 1.60. The third-order valence-electron chi connectivity index (χ3n) is 7.73. The maximum atomic E-state index is 14.2. The predicted molar refractivity (Wildman–Crippen MR) is 131 cm³/mol. The molecule has 0 radical (unpaired) electrons. The van der Waals surface area contributed by atoms with E-state index in [-0.39, 0.29) is 37.4 Å². The number of nitrogens with zero attached hydrogens (tertiary/aromatic N) is 2. The van der Waals surface area contributed by atoms with Crippen molar-refractivity contribution < 1.29 is 23.9 Å². The molecule has 0 unspecified atom stereocenters. The fraction of sp³-hybridized carbons (Fsp3) is 0.464. The summed E-state index contributed by atoms with van der Waals surface area (Å²) in [6, 6.07) is 15.2. The van der Waals surface area contributed by atoms with Gasteiger partial charge >= 0.3 is 5.97 Å². The van der Waals surface area contributed by atoms with Gasteiger partial charge in [0.05, 0.1) is 26.1 Å². The molecular formula is C28H32N2O5. The van der Waals surface area contributed by atoms with Crippen molar-refractivity contribution >= 4 is 23.5 Å². The summed E-state index contributed by atoms with van der Waals surface area (Å²) in [5, 5.41) is 0. The summed E-state index contributed by atoms with van der Waals surface area (Å²) in [6.07, 6.45) is 2.36. The zero-order chi connectivity index (χ0) is 24.7. The Bertz CT molecular complexity index is 1140. The van der Waals surface area contributed by atoms with Crippen molar-refractivity contribution in [2.24, 2.45) is 11.8 Å². The summed E-state index contributed by atoms with van der Waals surface area (Å²) in [5.41, 5.74) is 1.46. The topological polar surface area (TPSA) is 76.1 Å². The molecule has 2 aromatic carbocycles. The van der Waals surface area contributed by atoms with Gasteiger partial charge in [0, 0.05) is 24.7 Å². The lowest BCUT2D eigenvalue weighted by atomic mass is 9.72. The van der Waals surface area contributed by atoms with Gasteiger partial charge in [0.2, 0.25) is 5.91 Å². The van der Waals surface area contributed by atoms with E-state index in [2.05, 4.69) is 0 Å². The van der Waals surface area contributed by atoms with Crippen molar-refractivity contribution in [2.45, 2.75) is 44.6 Å². The lowest BCUT2D eigenvalue weighted by molar-refractivity contribution is -0.148. The molecule has 2 aliphatic heterocycles. The number of likely N-dealkylation sites (tertiary alicyclic amines) is 1. The van der Waals surface area contributed by atoms with Gasteiger partial charge in [-0.1, -0.05) is 30.3 Å². The van der Waals surface area contributed by atoms with Crippen LogP contribution < -0.4 is 9.64 Å². The van der Waals surface area contributed by atoms with E-state index in [1.54, 1.807) is 18.9 Å². The first-order valence-corrected chi connectivity index (χ1v) is 12.4. The summed E-state index contributed by atoms with van der Waals surface area (Å²) >= 11 is 0. The molecule has 7 nitrogen and oxygen atoms in total. The van der Waals surface area contributed by atoms with Gasteiger partial charge in [0.1, 0.15) is 11.3 Å². The van der Waals surface area contributed by atoms with Gasteiger partial charge in [-0.15, -0.1) is 0 Å². The van der Waals surface area contributed by atoms with Crippen LogP contribution in [0.25, 0.3) is 0 Å². The van der Waals surface area contributed by atoms with E-state index in [0.717, 1.165) is 29.7 Å². The SMILES string of the molecule is CCOC(=O)[C@H]1CN(C(=O)Cc2ccc(OC)cc2)[C@]2(C)C(=O)N(CC3CC3)c3ccccc3[C@H]12. The van der Waals surface area contributed by atoms with Crippen LogP contribution in [0.3, 0.4) is 0 Å². The summed E-state index contributed by atoms with van der Waals surface area (Å²) in [5.74, 6) is -0.504. The largest absolute Gasteiger partial charge is 0.497 e. The van der Waals surface area contributed by atoms with E-state index in [1.165, 1.54) is 0 Å². The van der Waals surface area contributed by atoms with Crippen LogP contribution in [0.5, 0.6) is 5.75 Å². The maximum Gasteiger partial charge on any atom is 0.311 e. The number of anilines is 1. The molecule has 5 rings (SSSR count). The molecule has 1 saturated heterocycles. The smallest absolute Gasteiger partial charge is 0.311 e. The van der Waals surface area contributed by atoms with Gasteiger partial charge in [0.15, 0.2) is 0 Å².